The van der Waals surface area contributed by atoms with E-state index in [1.165, 1.54) is 12.8 Å². The molecule has 1 aliphatic heterocycles. The summed E-state index contributed by atoms with van der Waals surface area (Å²) in [6.45, 7) is 11.7. The normalized spacial score (nSPS) is 20.3. The van der Waals surface area contributed by atoms with Gasteiger partial charge in [0.2, 0.25) is 0 Å². The molecule has 3 nitrogen and oxygen atoms in total. The molecule has 0 aromatic carbocycles. The van der Waals surface area contributed by atoms with Crippen molar-refractivity contribution in [3.05, 3.63) is 0 Å². The molecular weight excluding hydrogens is 232 g/mol. The summed E-state index contributed by atoms with van der Waals surface area (Å²) in [5, 5.41) is 0. The van der Waals surface area contributed by atoms with E-state index in [1.807, 2.05) is 27.7 Å². The summed E-state index contributed by atoms with van der Waals surface area (Å²) in [4.78, 5) is 10.6. The van der Waals surface area contributed by atoms with Crippen LogP contribution in [0.3, 0.4) is 0 Å². The Bertz CT molecular complexity index is 180. The fourth-order valence-electron chi connectivity index (χ4n) is 0.683. The number of rotatable bonds is 1. The number of carbonyl (C=O) groups is 1. The molecule has 0 amide bonds. The van der Waals surface area contributed by atoms with Gasteiger partial charge >= 0.3 is 23.5 Å². The van der Waals surface area contributed by atoms with Gasteiger partial charge in [-0.3, -0.25) is 0 Å². The summed E-state index contributed by atoms with van der Waals surface area (Å²) in [7, 11) is 0. The molecule has 15 heavy (non-hydrogen) atoms. The van der Waals surface area contributed by atoms with Crippen LogP contribution in [0.1, 0.15) is 54.4 Å². The molecule has 1 saturated heterocycles. The predicted octanol–water partition coefficient (Wildman–Crippen LogP) is 3.51. The van der Waals surface area contributed by atoms with Gasteiger partial charge in [0.15, 0.2) is 0 Å². The second-order valence-electron chi connectivity index (χ2n) is 4.47. The van der Waals surface area contributed by atoms with Crippen LogP contribution in [0.2, 0.25) is 0 Å². The summed E-state index contributed by atoms with van der Waals surface area (Å²) < 4.78 is 9.81. The van der Waals surface area contributed by atoms with E-state index in [0.29, 0.717) is 0 Å². The number of ether oxygens (including phenoxy) is 2. The van der Waals surface area contributed by atoms with E-state index in [4.69, 9.17) is 9.47 Å². The van der Waals surface area contributed by atoms with E-state index in [2.05, 4.69) is 13.8 Å². The molecule has 87 valence electrons. The molecule has 0 N–H and O–H groups in total. The van der Waals surface area contributed by atoms with Crippen LogP contribution in [0.5, 0.6) is 0 Å². The predicted molar refractivity (Wildman–Crippen MR) is 56.3 cm³/mol. The Morgan fingerprint density at radius 3 is 1.27 bits per heavy atom. The topological polar surface area (TPSA) is 35.5 Å². The third kappa shape index (κ3) is 4.90. The second kappa shape index (κ2) is 6.40. The molecule has 0 aromatic rings. The molecule has 1 aliphatic rings. The summed E-state index contributed by atoms with van der Waals surface area (Å²) in [5.41, 5.74) is -1.02. The molecule has 1 heterocycles. The maximum absolute atomic E-state index is 10.6. The van der Waals surface area contributed by atoms with E-state index in [9.17, 15) is 4.79 Å². The van der Waals surface area contributed by atoms with Gasteiger partial charge in [-0.1, -0.05) is 26.7 Å². The first-order valence-electron chi connectivity index (χ1n) is 5.18. The minimum atomic E-state index is -0.574. The van der Waals surface area contributed by atoms with Crippen molar-refractivity contribution in [2.24, 2.45) is 0 Å². The van der Waals surface area contributed by atoms with Gasteiger partial charge in [0.1, 0.15) is 11.2 Å². The Kier molecular flexibility index (Phi) is 7.34. The summed E-state index contributed by atoms with van der Waals surface area (Å²) in [6.07, 6.45) is 2.06. The molecule has 0 atom stereocenters. The van der Waals surface area contributed by atoms with Crippen LogP contribution in [0.25, 0.3) is 0 Å². The van der Waals surface area contributed by atoms with Gasteiger partial charge in [-0.15, -0.1) is 0 Å². The van der Waals surface area contributed by atoms with Crippen molar-refractivity contribution in [1.82, 2.24) is 0 Å². The van der Waals surface area contributed by atoms with E-state index < -0.39 is 17.4 Å². The van der Waals surface area contributed by atoms with Gasteiger partial charge in [-0.05, 0) is 27.7 Å². The summed E-state index contributed by atoms with van der Waals surface area (Å²) >= 11 is 0. The fourth-order valence-corrected chi connectivity index (χ4v) is 0.683. The zero-order valence-corrected chi connectivity index (χ0v) is 11.8. The Hall–Kier alpha value is -0.198. The van der Waals surface area contributed by atoms with Gasteiger partial charge in [0, 0.05) is 0 Å². The third-order valence-electron chi connectivity index (χ3n) is 2.63. The number of hydrogen-bond acceptors (Lipinski definition) is 3. The van der Waals surface area contributed by atoms with Gasteiger partial charge in [-0.2, -0.15) is 0 Å². The molecule has 0 saturated carbocycles. The SMILES string of the molecule is CC1(C)OC(=O)OC1(C)C.CCCC.[Cr+3]. The average molecular weight is 254 g/mol. The van der Waals surface area contributed by atoms with Crippen molar-refractivity contribution < 1.29 is 31.6 Å². The molecule has 1 radical (unpaired) electrons. The molecule has 1 rings (SSSR count). The average Bonchev–Trinajstić information content (AvgIpc) is 2.19. The van der Waals surface area contributed by atoms with Gasteiger partial charge in [-0.25, -0.2) is 4.79 Å². The van der Waals surface area contributed by atoms with Crippen molar-refractivity contribution >= 4 is 6.16 Å². The molecule has 0 bridgehead atoms. The van der Waals surface area contributed by atoms with E-state index in [1.54, 1.807) is 0 Å². The maximum Gasteiger partial charge on any atom is 3.00 e. The van der Waals surface area contributed by atoms with Crippen molar-refractivity contribution in [1.29, 1.82) is 0 Å². The maximum atomic E-state index is 10.6. The van der Waals surface area contributed by atoms with Crippen LogP contribution in [-0.4, -0.2) is 17.4 Å². The van der Waals surface area contributed by atoms with E-state index in [0.717, 1.165) is 0 Å². The van der Waals surface area contributed by atoms with Crippen LogP contribution < -0.4 is 0 Å². The molecular formula is C11H22CrO3+3. The monoisotopic (exact) mass is 254 g/mol. The zero-order valence-electron chi connectivity index (χ0n) is 10.5. The molecule has 0 aromatic heterocycles. The molecule has 4 heteroatoms. The largest absolute Gasteiger partial charge is 3.00 e. The fraction of sp³-hybridized carbons (Fsp3) is 0.909. The number of cyclic esters (lactones) is 2. The first-order chi connectivity index (χ1) is 6.27. The van der Waals surface area contributed by atoms with Crippen LogP contribution >= 0.6 is 0 Å². The van der Waals surface area contributed by atoms with Crippen molar-refractivity contribution in [2.45, 2.75) is 65.6 Å². The molecule has 1 fully saturated rings. The van der Waals surface area contributed by atoms with E-state index in [-0.39, 0.29) is 17.4 Å². The number of carbonyl (C=O) groups excluding carboxylic acids is 1. The Balaban J connectivity index is 0. The molecule has 0 aliphatic carbocycles. The first kappa shape index (κ1) is 17.2. The van der Waals surface area contributed by atoms with Crippen LogP contribution in [0.15, 0.2) is 0 Å². The second-order valence-corrected chi connectivity index (χ2v) is 4.47. The minimum absolute atomic E-state index is 0. The standard InChI is InChI=1S/C7H12O3.C4H10.Cr/c1-6(2)7(3,4)10-5(8)9-6;1-3-4-2;/h1-4H3;3-4H2,1-2H3;/q;;+3. The van der Waals surface area contributed by atoms with Crippen molar-refractivity contribution in [2.75, 3.05) is 0 Å². The van der Waals surface area contributed by atoms with Crippen LogP contribution in [-0.2, 0) is 26.8 Å². The van der Waals surface area contributed by atoms with Crippen LogP contribution in [0, 0.1) is 0 Å². The quantitative estimate of drug-likeness (QED) is 0.672. The smallest absolute Gasteiger partial charge is 0.424 e. The minimum Gasteiger partial charge on any atom is -0.424 e. The Morgan fingerprint density at radius 1 is 0.933 bits per heavy atom. The first-order valence-corrected chi connectivity index (χ1v) is 5.18. The third-order valence-corrected chi connectivity index (χ3v) is 2.63. The Labute approximate surface area is 104 Å². The summed E-state index contributed by atoms with van der Waals surface area (Å²) in [5.74, 6) is 0. The van der Waals surface area contributed by atoms with Gasteiger partial charge in [0.25, 0.3) is 0 Å². The molecule has 0 spiro atoms. The zero-order chi connectivity index (χ0) is 11.4. The van der Waals surface area contributed by atoms with Crippen molar-refractivity contribution in [3.8, 4) is 0 Å². The number of hydrogen-bond donors (Lipinski definition) is 0. The Morgan fingerprint density at radius 2 is 1.20 bits per heavy atom. The van der Waals surface area contributed by atoms with Crippen LogP contribution in [0.4, 0.5) is 4.79 Å². The molecule has 0 unspecified atom stereocenters. The van der Waals surface area contributed by atoms with Gasteiger partial charge in [0.05, 0.1) is 0 Å². The van der Waals surface area contributed by atoms with Gasteiger partial charge < -0.3 is 9.47 Å². The van der Waals surface area contributed by atoms with E-state index >= 15 is 0 Å². The van der Waals surface area contributed by atoms with Crippen molar-refractivity contribution in [3.63, 3.8) is 0 Å². The number of unbranched alkanes of at least 4 members (excludes halogenated alkanes) is 1. The summed E-state index contributed by atoms with van der Waals surface area (Å²) in [6, 6.07) is 0.